The third-order valence-electron chi connectivity index (χ3n) is 6.17. The molecule has 1 atom stereocenters. The van der Waals surface area contributed by atoms with Crippen LogP contribution in [-0.4, -0.2) is 57.0 Å². The van der Waals surface area contributed by atoms with Crippen LogP contribution in [0.25, 0.3) is 22.4 Å². The summed E-state index contributed by atoms with van der Waals surface area (Å²) in [5.41, 5.74) is 1.75. The Balaban J connectivity index is 1.20. The molecular weight excluding hydrogens is 495 g/mol. The first-order valence-corrected chi connectivity index (χ1v) is 11.6. The molecule has 1 saturated heterocycles. The first-order chi connectivity index (χ1) is 17.2. The summed E-state index contributed by atoms with van der Waals surface area (Å²) in [6.45, 7) is 1.70. The number of anilines is 1. The van der Waals surface area contributed by atoms with Crippen LogP contribution in [-0.2, 0) is 11.0 Å². The van der Waals surface area contributed by atoms with Crippen molar-refractivity contribution in [1.29, 1.82) is 0 Å². The lowest BCUT2D eigenvalue weighted by Crippen LogP contribution is -2.50. The number of halogens is 4. The molecule has 2 aromatic carbocycles. The van der Waals surface area contributed by atoms with Crippen LogP contribution in [0.5, 0.6) is 0 Å². The number of fused-ring (bicyclic) bond motifs is 1. The third-order valence-corrected chi connectivity index (χ3v) is 6.40. The zero-order valence-electron chi connectivity index (χ0n) is 18.8. The average molecular weight is 516 g/mol. The number of rotatable bonds is 4. The maximum atomic E-state index is 12.8. The topological polar surface area (TPSA) is 85.4 Å². The Bertz CT molecular complexity index is 1380. The van der Waals surface area contributed by atoms with Crippen molar-refractivity contribution in [3.05, 3.63) is 76.9 Å². The number of carbonyl (C=O) groups is 1. The molecule has 1 aliphatic heterocycles. The summed E-state index contributed by atoms with van der Waals surface area (Å²) < 4.78 is 38.3. The van der Waals surface area contributed by atoms with Crippen molar-refractivity contribution in [1.82, 2.24) is 19.9 Å². The fourth-order valence-electron chi connectivity index (χ4n) is 4.16. The van der Waals surface area contributed by atoms with Gasteiger partial charge in [0.1, 0.15) is 11.6 Å². The molecule has 5 rings (SSSR count). The van der Waals surface area contributed by atoms with Crippen molar-refractivity contribution < 1.29 is 23.1 Å². The highest BCUT2D eigenvalue weighted by Gasteiger charge is 2.32. The van der Waals surface area contributed by atoms with Crippen molar-refractivity contribution in [3.8, 4) is 11.4 Å². The molecule has 36 heavy (non-hydrogen) atoms. The molecule has 0 aliphatic carbocycles. The van der Waals surface area contributed by atoms with Gasteiger partial charge >= 0.3 is 6.18 Å². The number of hydrogen-bond acceptors (Lipinski definition) is 5. The number of amides is 1. The Morgan fingerprint density at radius 2 is 1.75 bits per heavy atom. The standard InChI is InChI=1S/C25H21ClF3N5O2/c26-18-6-7-19-20(13-18)32-23(31-19)16-3-8-21(30-14-16)33-9-11-34(12-10-33)24(36)22(35)15-1-4-17(5-2-15)25(27,28)29/h1-8,13-14,22,35H,9-12H2,(H,31,32). The number of alkyl halides is 3. The predicted molar refractivity (Wildman–Crippen MR) is 130 cm³/mol. The van der Waals surface area contributed by atoms with Gasteiger partial charge in [0, 0.05) is 43.0 Å². The molecule has 1 unspecified atom stereocenters. The van der Waals surface area contributed by atoms with Crippen LogP contribution in [0.2, 0.25) is 5.02 Å². The number of nitrogens with zero attached hydrogens (tertiary/aromatic N) is 4. The van der Waals surface area contributed by atoms with Crippen molar-refractivity contribution in [3.63, 3.8) is 0 Å². The van der Waals surface area contributed by atoms with Gasteiger partial charge in [-0.05, 0) is 48.0 Å². The molecule has 11 heteroatoms. The Hall–Kier alpha value is -3.63. The number of benzene rings is 2. The van der Waals surface area contributed by atoms with E-state index in [1.54, 1.807) is 12.3 Å². The second kappa shape index (κ2) is 9.44. The molecule has 3 heterocycles. The highest BCUT2D eigenvalue weighted by molar-refractivity contribution is 6.31. The number of aromatic amines is 1. The molecule has 2 N–H and O–H groups in total. The van der Waals surface area contributed by atoms with Gasteiger partial charge in [-0.1, -0.05) is 23.7 Å². The molecule has 4 aromatic rings. The van der Waals surface area contributed by atoms with E-state index in [-0.39, 0.29) is 5.56 Å². The molecular formula is C25H21ClF3N5O2. The van der Waals surface area contributed by atoms with Crippen molar-refractivity contribution in [2.45, 2.75) is 12.3 Å². The van der Waals surface area contributed by atoms with E-state index in [4.69, 9.17) is 11.6 Å². The quantitative estimate of drug-likeness (QED) is 0.412. The lowest BCUT2D eigenvalue weighted by molar-refractivity contribution is -0.140. The molecule has 0 saturated carbocycles. The van der Waals surface area contributed by atoms with Gasteiger partial charge < -0.3 is 19.9 Å². The van der Waals surface area contributed by atoms with E-state index >= 15 is 0 Å². The van der Waals surface area contributed by atoms with E-state index < -0.39 is 23.8 Å². The molecule has 1 amide bonds. The number of hydrogen-bond donors (Lipinski definition) is 2. The molecule has 1 aliphatic rings. The SMILES string of the molecule is O=C(C(O)c1ccc(C(F)(F)F)cc1)N1CCN(c2ccc(-c3nc4ccc(Cl)cc4[nH]3)cn2)CC1. The molecule has 2 aromatic heterocycles. The van der Waals surface area contributed by atoms with E-state index in [0.29, 0.717) is 37.0 Å². The minimum Gasteiger partial charge on any atom is -0.378 e. The highest BCUT2D eigenvalue weighted by Crippen LogP contribution is 2.30. The second-order valence-electron chi connectivity index (χ2n) is 8.49. The number of nitrogens with one attached hydrogen (secondary N) is 1. The Labute approximate surface area is 209 Å². The van der Waals surface area contributed by atoms with Gasteiger partial charge in [-0.3, -0.25) is 4.79 Å². The number of piperazine rings is 1. The summed E-state index contributed by atoms with van der Waals surface area (Å²) in [6.07, 6.45) is -4.27. The van der Waals surface area contributed by atoms with Crippen LogP contribution in [0.3, 0.4) is 0 Å². The second-order valence-corrected chi connectivity index (χ2v) is 8.92. The third kappa shape index (κ3) is 4.87. The summed E-state index contributed by atoms with van der Waals surface area (Å²) in [4.78, 5) is 28.6. The van der Waals surface area contributed by atoms with Gasteiger partial charge in [0.2, 0.25) is 0 Å². The van der Waals surface area contributed by atoms with E-state index in [2.05, 4.69) is 15.0 Å². The number of aromatic nitrogens is 3. The molecule has 0 bridgehead atoms. The van der Waals surface area contributed by atoms with Crippen LogP contribution in [0.4, 0.5) is 19.0 Å². The summed E-state index contributed by atoms with van der Waals surface area (Å²) in [5.74, 6) is 0.884. The fraction of sp³-hybridized carbons (Fsp3) is 0.240. The van der Waals surface area contributed by atoms with Gasteiger partial charge in [-0.15, -0.1) is 0 Å². The van der Waals surface area contributed by atoms with Crippen LogP contribution >= 0.6 is 11.6 Å². The Morgan fingerprint density at radius 1 is 1.03 bits per heavy atom. The van der Waals surface area contributed by atoms with Crippen LogP contribution in [0.15, 0.2) is 60.8 Å². The van der Waals surface area contributed by atoms with Crippen molar-refractivity contribution >= 4 is 34.4 Å². The van der Waals surface area contributed by atoms with Crippen LogP contribution < -0.4 is 4.90 Å². The zero-order valence-corrected chi connectivity index (χ0v) is 19.6. The molecule has 1 fully saturated rings. The lowest BCUT2D eigenvalue weighted by atomic mass is 10.1. The van der Waals surface area contributed by atoms with Gasteiger partial charge in [0.15, 0.2) is 6.10 Å². The van der Waals surface area contributed by atoms with Gasteiger partial charge in [0.25, 0.3) is 5.91 Å². The number of aliphatic hydroxyl groups is 1. The maximum absolute atomic E-state index is 12.8. The Morgan fingerprint density at radius 3 is 2.39 bits per heavy atom. The van der Waals surface area contributed by atoms with E-state index in [1.807, 2.05) is 29.2 Å². The molecule has 0 radical (unpaired) electrons. The van der Waals surface area contributed by atoms with Crippen molar-refractivity contribution in [2.75, 3.05) is 31.1 Å². The van der Waals surface area contributed by atoms with Crippen LogP contribution in [0.1, 0.15) is 17.2 Å². The largest absolute Gasteiger partial charge is 0.416 e. The fourth-order valence-corrected chi connectivity index (χ4v) is 4.33. The smallest absolute Gasteiger partial charge is 0.378 e. The van der Waals surface area contributed by atoms with E-state index in [9.17, 15) is 23.1 Å². The monoisotopic (exact) mass is 515 g/mol. The number of imidazole rings is 1. The van der Waals surface area contributed by atoms with E-state index in [0.717, 1.165) is 46.7 Å². The summed E-state index contributed by atoms with van der Waals surface area (Å²) in [7, 11) is 0. The van der Waals surface area contributed by atoms with Crippen LogP contribution in [0, 0.1) is 0 Å². The number of H-pyrrole nitrogens is 1. The van der Waals surface area contributed by atoms with E-state index in [1.165, 1.54) is 4.90 Å². The minimum absolute atomic E-state index is 0.126. The molecule has 7 nitrogen and oxygen atoms in total. The van der Waals surface area contributed by atoms with Gasteiger partial charge in [-0.2, -0.15) is 13.2 Å². The first kappa shape index (κ1) is 24.1. The van der Waals surface area contributed by atoms with Gasteiger partial charge in [0.05, 0.1) is 16.6 Å². The summed E-state index contributed by atoms with van der Waals surface area (Å²) in [5, 5.41) is 11.0. The first-order valence-electron chi connectivity index (χ1n) is 11.2. The van der Waals surface area contributed by atoms with Gasteiger partial charge in [-0.25, -0.2) is 9.97 Å². The predicted octanol–water partition coefficient (Wildman–Crippen LogP) is 4.68. The number of carbonyl (C=O) groups excluding carboxylic acids is 1. The number of pyridine rings is 1. The average Bonchev–Trinajstić information content (AvgIpc) is 3.31. The highest BCUT2D eigenvalue weighted by atomic mass is 35.5. The summed E-state index contributed by atoms with van der Waals surface area (Å²) in [6, 6.07) is 13.2. The summed E-state index contributed by atoms with van der Waals surface area (Å²) >= 11 is 6.04. The lowest BCUT2D eigenvalue weighted by Gasteiger charge is -2.36. The Kier molecular flexibility index (Phi) is 6.31. The zero-order chi connectivity index (χ0) is 25.4. The normalized spacial score (nSPS) is 15.4. The molecule has 0 spiro atoms. The minimum atomic E-state index is -4.48. The molecule has 186 valence electrons. The number of aliphatic hydroxyl groups excluding tert-OH is 1. The maximum Gasteiger partial charge on any atom is 0.416 e. The van der Waals surface area contributed by atoms with Crippen molar-refractivity contribution in [2.24, 2.45) is 0 Å².